The van der Waals surface area contributed by atoms with Crippen LogP contribution in [0, 0.1) is 5.41 Å². The van der Waals surface area contributed by atoms with Crippen molar-refractivity contribution in [2.45, 2.75) is 39.4 Å². The van der Waals surface area contributed by atoms with Gasteiger partial charge in [0, 0.05) is 13.0 Å². The molecule has 0 aliphatic carbocycles. The molecule has 0 aliphatic rings. The van der Waals surface area contributed by atoms with E-state index in [1.54, 1.807) is 0 Å². The summed E-state index contributed by atoms with van der Waals surface area (Å²) in [7, 11) is -3.12. The predicted octanol–water partition coefficient (Wildman–Crippen LogP) is 2.54. The maximum Gasteiger partial charge on any atom is 0.220 e. The van der Waals surface area contributed by atoms with Crippen LogP contribution in [0.1, 0.15) is 39.2 Å². The van der Waals surface area contributed by atoms with Crippen LogP contribution >= 0.6 is 0 Å². The monoisotopic (exact) mass is 311 g/mol. The van der Waals surface area contributed by atoms with Crippen molar-refractivity contribution in [1.29, 1.82) is 0 Å². The first-order chi connectivity index (χ1) is 9.68. The van der Waals surface area contributed by atoms with Crippen molar-refractivity contribution in [2.75, 3.05) is 12.3 Å². The van der Waals surface area contributed by atoms with Gasteiger partial charge in [-0.25, -0.2) is 8.42 Å². The Hall–Kier alpha value is -1.36. The van der Waals surface area contributed by atoms with Crippen molar-refractivity contribution in [3.05, 3.63) is 35.9 Å². The molecule has 0 atom stereocenters. The molecular formula is C16H25NO3S. The number of carbonyl (C=O) groups excluding carboxylic acids is 1. The molecular weight excluding hydrogens is 286 g/mol. The van der Waals surface area contributed by atoms with Gasteiger partial charge in [0.2, 0.25) is 5.91 Å². The minimum atomic E-state index is -3.12. The van der Waals surface area contributed by atoms with Gasteiger partial charge in [0.05, 0.1) is 11.5 Å². The second-order valence-corrected chi connectivity index (χ2v) is 8.70. The lowest BCUT2D eigenvalue weighted by atomic mass is 9.92. The topological polar surface area (TPSA) is 63.2 Å². The van der Waals surface area contributed by atoms with Crippen molar-refractivity contribution in [3.63, 3.8) is 0 Å². The number of carbonyl (C=O) groups is 1. The first-order valence-corrected chi connectivity index (χ1v) is 9.01. The smallest absolute Gasteiger partial charge is 0.220 e. The summed E-state index contributed by atoms with van der Waals surface area (Å²) in [5, 5.41) is 2.77. The Morgan fingerprint density at radius 1 is 1.14 bits per heavy atom. The molecule has 1 aromatic carbocycles. The molecule has 0 spiro atoms. The molecule has 1 amide bonds. The highest BCUT2D eigenvalue weighted by atomic mass is 32.2. The van der Waals surface area contributed by atoms with E-state index in [1.165, 1.54) is 0 Å². The maximum atomic E-state index is 12.0. The Kier molecular flexibility index (Phi) is 6.40. The van der Waals surface area contributed by atoms with E-state index in [2.05, 4.69) is 5.32 Å². The van der Waals surface area contributed by atoms with Gasteiger partial charge in [-0.15, -0.1) is 0 Å². The fourth-order valence-corrected chi connectivity index (χ4v) is 3.39. The fraction of sp³-hybridized carbons (Fsp3) is 0.562. The molecule has 0 saturated carbocycles. The fourth-order valence-electron chi connectivity index (χ4n) is 1.96. The predicted molar refractivity (Wildman–Crippen MR) is 85.6 cm³/mol. The molecule has 0 bridgehead atoms. The largest absolute Gasteiger partial charge is 0.356 e. The maximum absolute atomic E-state index is 12.0. The van der Waals surface area contributed by atoms with E-state index in [4.69, 9.17) is 0 Å². The van der Waals surface area contributed by atoms with Crippen LogP contribution < -0.4 is 5.32 Å². The van der Waals surface area contributed by atoms with Gasteiger partial charge in [0.1, 0.15) is 0 Å². The van der Waals surface area contributed by atoms with Gasteiger partial charge < -0.3 is 5.32 Å². The standard InChI is InChI=1S/C16H25NO3S/c1-16(2,3)12-15(18)17-10-7-11-21(19,20)13-14-8-5-4-6-9-14/h4-6,8-9H,7,10-13H2,1-3H3,(H,17,18). The Labute approximate surface area is 127 Å². The summed E-state index contributed by atoms with van der Waals surface area (Å²) >= 11 is 0. The first kappa shape index (κ1) is 17.7. The van der Waals surface area contributed by atoms with Crippen LogP contribution in [0.2, 0.25) is 0 Å². The van der Waals surface area contributed by atoms with Crippen molar-refractivity contribution >= 4 is 15.7 Å². The van der Waals surface area contributed by atoms with E-state index in [0.29, 0.717) is 19.4 Å². The van der Waals surface area contributed by atoms with Crippen LogP contribution in [0.5, 0.6) is 0 Å². The van der Waals surface area contributed by atoms with Crippen LogP contribution in [-0.4, -0.2) is 26.6 Å². The Morgan fingerprint density at radius 2 is 1.76 bits per heavy atom. The van der Waals surface area contributed by atoms with Crippen molar-refractivity contribution in [1.82, 2.24) is 5.32 Å². The molecule has 0 aliphatic heterocycles. The Balaban J connectivity index is 2.30. The van der Waals surface area contributed by atoms with Gasteiger partial charge >= 0.3 is 0 Å². The van der Waals surface area contributed by atoms with Gasteiger partial charge in [-0.1, -0.05) is 51.1 Å². The van der Waals surface area contributed by atoms with Gasteiger partial charge in [0.15, 0.2) is 9.84 Å². The number of benzene rings is 1. The minimum absolute atomic E-state index is 0.0250. The molecule has 1 rings (SSSR count). The van der Waals surface area contributed by atoms with Gasteiger partial charge in [0.25, 0.3) is 0 Å². The van der Waals surface area contributed by atoms with E-state index in [-0.39, 0.29) is 22.8 Å². The lowest BCUT2D eigenvalue weighted by Crippen LogP contribution is -2.29. The van der Waals surface area contributed by atoms with Gasteiger partial charge in [-0.2, -0.15) is 0 Å². The van der Waals surface area contributed by atoms with Crippen molar-refractivity contribution in [2.24, 2.45) is 5.41 Å². The summed E-state index contributed by atoms with van der Waals surface area (Å²) in [6.07, 6.45) is 0.898. The molecule has 0 aromatic heterocycles. The summed E-state index contributed by atoms with van der Waals surface area (Å²) in [5.41, 5.74) is 0.748. The third-order valence-electron chi connectivity index (χ3n) is 2.87. The van der Waals surface area contributed by atoms with E-state index in [0.717, 1.165) is 5.56 Å². The number of rotatable bonds is 7. The summed E-state index contributed by atoms with van der Waals surface area (Å²) in [5.74, 6) is 0.129. The van der Waals surface area contributed by atoms with Crippen LogP contribution in [0.4, 0.5) is 0 Å². The highest BCUT2D eigenvalue weighted by Gasteiger charge is 2.16. The summed E-state index contributed by atoms with van der Waals surface area (Å²) in [6, 6.07) is 9.14. The number of sulfone groups is 1. The second kappa shape index (κ2) is 7.59. The van der Waals surface area contributed by atoms with Crippen molar-refractivity contribution in [3.8, 4) is 0 Å². The lowest BCUT2D eigenvalue weighted by Gasteiger charge is -2.17. The van der Waals surface area contributed by atoms with Crippen LogP contribution in [0.25, 0.3) is 0 Å². The van der Waals surface area contributed by atoms with E-state index < -0.39 is 9.84 Å². The molecule has 21 heavy (non-hydrogen) atoms. The zero-order chi connectivity index (χ0) is 15.9. The van der Waals surface area contributed by atoms with E-state index >= 15 is 0 Å². The van der Waals surface area contributed by atoms with Gasteiger partial charge in [-0.05, 0) is 17.4 Å². The molecule has 0 fully saturated rings. The first-order valence-electron chi connectivity index (χ1n) is 7.19. The van der Waals surface area contributed by atoms with Crippen molar-refractivity contribution < 1.29 is 13.2 Å². The zero-order valence-corrected chi connectivity index (χ0v) is 13.9. The highest BCUT2D eigenvalue weighted by Crippen LogP contribution is 2.17. The molecule has 0 unspecified atom stereocenters. The molecule has 0 saturated heterocycles. The number of nitrogens with one attached hydrogen (secondary N) is 1. The number of amides is 1. The normalized spacial score (nSPS) is 12.1. The average Bonchev–Trinajstić information content (AvgIpc) is 2.33. The average molecular weight is 311 g/mol. The summed E-state index contributed by atoms with van der Waals surface area (Å²) in [6.45, 7) is 6.40. The lowest BCUT2D eigenvalue weighted by molar-refractivity contribution is -0.122. The van der Waals surface area contributed by atoms with Crippen LogP contribution in [0.3, 0.4) is 0 Å². The molecule has 4 nitrogen and oxygen atoms in total. The molecule has 1 N–H and O–H groups in total. The molecule has 1 aromatic rings. The van der Waals surface area contributed by atoms with Crippen LogP contribution in [0.15, 0.2) is 30.3 Å². The molecule has 0 heterocycles. The van der Waals surface area contributed by atoms with E-state index in [9.17, 15) is 13.2 Å². The third kappa shape index (κ3) is 8.50. The summed E-state index contributed by atoms with van der Waals surface area (Å²) in [4.78, 5) is 11.6. The highest BCUT2D eigenvalue weighted by molar-refractivity contribution is 7.90. The minimum Gasteiger partial charge on any atom is -0.356 e. The zero-order valence-electron chi connectivity index (χ0n) is 13.1. The molecule has 0 radical (unpaired) electrons. The number of hydrogen-bond donors (Lipinski definition) is 1. The molecule has 5 heteroatoms. The van der Waals surface area contributed by atoms with E-state index in [1.807, 2.05) is 51.1 Å². The number of hydrogen-bond acceptors (Lipinski definition) is 3. The Bertz CT molecular complexity index is 545. The van der Waals surface area contributed by atoms with Crippen LogP contribution in [-0.2, 0) is 20.4 Å². The quantitative estimate of drug-likeness (QED) is 0.787. The summed E-state index contributed by atoms with van der Waals surface area (Å²) < 4.78 is 23.9. The SMILES string of the molecule is CC(C)(C)CC(=O)NCCCS(=O)(=O)Cc1ccccc1. The third-order valence-corrected chi connectivity index (χ3v) is 4.56. The molecule has 118 valence electrons. The second-order valence-electron chi connectivity index (χ2n) is 6.52. The Morgan fingerprint density at radius 3 is 2.33 bits per heavy atom. The van der Waals surface area contributed by atoms with Gasteiger partial charge in [-0.3, -0.25) is 4.79 Å².